The molecule has 0 aromatic heterocycles. The number of piperidine rings is 1. The van der Waals surface area contributed by atoms with Gasteiger partial charge in [0, 0.05) is 50.5 Å². The summed E-state index contributed by atoms with van der Waals surface area (Å²) >= 11 is 0. The third kappa shape index (κ3) is 7.31. The molecule has 220 valence electrons. The van der Waals surface area contributed by atoms with Crippen LogP contribution in [0.25, 0.3) is 0 Å². The number of nitrogens with zero attached hydrogens (tertiary/aromatic N) is 3. The highest BCUT2D eigenvalue weighted by Crippen LogP contribution is 2.37. The molecule has 2 aromatic rings. The van der Waals surface area contributed by atoms with Crippen molar-refractivity contribution in [2.45, 2.75) is 70.3 Å². The van der Waals surface area contributed by atoms with E-state index in [4.69, 9.17) is 10.5 Å². The van der Waals surface area contributed by atoms with Crippen molar-refractivity contribution in [1.82, 2.24) is 14.5 Å². The van der Waals surface area contributed by atoms with Gasteiger partial charge in [-0.05, 0) is 75.9 Å². The standard InChI is InChI=1S/C29H42FN5O4S/c1-21(2)39-27-10-5-7-23(15-27)18-33-14-12-29(17-22(33)3,20-32-25-11-13-34(19-25)40(4,37)38)35(28(31)36)26-9-6-8-24(30)16-26/h5-10,15-16,21-22,25,32H,11-14,17-20H2,1-4H3,(H2,31,36)/t22-,25-,29+/m0/s1. The number of likely N-dealkylation sites (tertiary alicyclic amines) is 1. The Morgan fingerprint density at radius 1 is 1.23 bits per heavy atom. The second-order valence-corrected chi connectivity index (χ2v) is 13.4. The number of hydrogen-bond acceptors (Lipinski definition) is 6. The van der Waals surface area contributed by atoms with Gasteiger partial charge in [-0.3, -0.25) is 9.80 Å². The number of nitrogens with one attached hydrogen (secondary N) is 1. The first kappa shape index (κ1) is 30.2. The van der Waals surface area contributed by atoms with Crippen LogP contribution in [0.5, 0.6) is 5.75 Å². The summed E-state index contributed by atoms with van der Waals surface area (Å²) in [6.07, 6.45) is 3.19. The van der Waals surface area contributed by atoms with Gasteiger partial charge in [0.1, 0.15) is 11.6 Å². The number of anilines is 1. The van der Waals surface area contributed by atoms with Crippen molar-refractivity contribution < 1.29 is 22.3 Å². The number of amides is 2. The fourth-order valence-electron chi connectivity index (χ4n) is 6.04. The van der Waals surface area contributed by atoms with Crippen LogP contribution >= 0.6 is 0 Å². The van der Waals surface area contributed by atoms with Crippen LogP contribution in [0.1, 0.15) is 45.6 Å². The molecule has 0 spiro atoms. The molecule has 11 heteroatoms. The third-order valence-electron chi connectivity index (χ3n) is 7.92. The maximum Gasteiger partial charge on any atom is 0.319 e. The fraction of sp³-hybridized carbons (Fsp3) is 0.552. The summed E-state index contributed by atoms with van der Waals surface area (Å²) in [6, 6.07) is 13.4. The Bertz CT molecular complexity index is 1290. The molecule has 2 aliphatic heterocycles. The van der Waals surface area contributed by atoms with Crippen molar-refractivity contribution in [3.8, 4) is 5.75 Å². The zero-order chi connectivity index (χ0) is 29.1. The molecule has 0 saturated carbocycles. The Kier molecular flexibility index (Phi) is 9.39. The van der Waals surface area contributed by atoms with Crippen molar-refractivity contribution in [3.63, 3.8) is 0 Å². The normalized spacial score (nSPS) is 24.4. The van der Waals surface area contributed by atoms with Gasteiger partial charge in [-0.1, -0.05) is 18.2 Å². The second kappa shape index (κ2) is 12.4. The molecule has 9 nitrogen and oxygen atoms in total. The quantitative estimate of drug-likeness (QED) is 0.449. The minimum Gasteiger partial charge on any atom is -0.491 e. The molecule has 0 aliphatic carbocycles. The smallest absolute Gasteiger partial charge is 0.319 e. The molecule has 40 heavy (non-hydrogen) atoms. The molecule has 2 aliphatic rings. The predicted octanol–water partition coefficient (Wildman–Crippen LogP) is 3.54. The van der Waals surface area contributed by atoms with E-state index in [2.05, 4.69) is 29.3 Å². The highest BCUT2D eigenvalue weighted by Gasteiger charge is 2.46. The summed E-state index contributed by atoms with van der Waals surface area (Å²) in [5, 5.41) is 3.54. The predicted molar refractivity (Wildman–Crippen MR) is 155 cm³/mol. The second-order valence-electron chi connectivity index (χ2n) is 11.5. The van der Waals surface area contributed by atoms with E-state index in [1.54, 1.807) is 12.1 Å². The van der Waals surface area contributed by atoms with Gasteiger partial charge < -0.3 is 15.8 Å². The summed E-state index contributed by atoms with van der Waals surface area (Å²) in [5.74, 6) is 0.391. The van der Waals surface area contributed by atoms with Crippen molar-refractivity contribution >= 4 is 21.7 Å². The van der Waals surface area contributed by atoms with Gasteiger partial charge in [-0.2, -0.15) is 0 Å². The maximum absolute atomic E-state index is 14.3. The molecule has 2 fully saturated rings. The first-order valence-electron chi connectivity index (χ1n) is 13.9. The lowest BCUT2D eigenvalue weighted by molar-refractivity contribution is 0.0941. The fourth-order valence-corrected chi connectivity index (χ4v) is 6.92. The van der Waals surface area contributed by atoms with E-state index in [9.17, 15) is 17.6 Å². The minimum atomic E-state index is -3.28. The number of carbonyl (C=O) groups is 1. The Labute approximate surface area is 237 Å². The number of sulfonamides is 1. The Morgan fingerprint density at radius 3 is 2.60 bits per heavy atom. The first-order chi connectivity index (χ1) is 18.9. The van der Waals surface area contributed by atoms with E-state index < -0.39 is 27.4 Å². The third-order valence-corrected chi connectivity index (χ3v) is 9.19. The average molecular weight is 576 g/mol. The lowest BCUT2D eigenvalue weighted by Crippen LogP contribution is -2.65. The lowest BCUT2D eigenvalue weighted by Gasteiger charge is -2.51. The summed E-state index contributed by atoms with van der Waals surface area (Å²) in [5.41, 5.74) is 6.81. The van der Waals surface area contributed by atoms with Gasteiger partial charge in [-0.25, -0.2) is 21.9 Å². The Hall–Kier alpha value is -2.73. The minimum absolute atomic E-state index is 0.0501. The highest BCUT2D eigenvalue weighted by molar-refractivity contribution is 7.88. The van der Waals surface area contributed by atoms with Gasteiger partial charge in [0.2, 0.25) is 10.0 Å². The van der Waals surface area contributed by atoms with Gasteiger partial charge in [0.15, 0.2) is 0 Å². The number of carbonyl (C=O) groups excluding carboxylic acids is 1. The molecule has 2 saturated heterocycles. The summed E-state index contributed by atoms with van der Waals surface area (Å²) in [4.78, 5) is 16.9. The monoisotopic (exact) mass is 575 g/mol. The average Bonchev–Trinajstić information content (AvgIpc) is 3.34. The van der Waals surface area contributed by atoms with E-state index in [-0.39, 0.29) is 18.2 Å². The molecule has 0 bridgehead atoms. The summed E-state index contributed by atoms with van der Waals surface area (Å²) in [6.45, 7) is 8.79. The number of benzene rings is 2. The molecule has 4 rings (SSSR count). The number of ether oxygens (including phenoxy) is 1. The number of urea groups is 1. The zero-order valence-corrected chi connectivity index (χ0v) is 24.7. The SMILES string of the molecule is CC(C)Oc1cccc(CN2CC[C@@](CN[C@H]3CCN(S(C)(=O)=O)C3)(N(C(N)=O)c3cccc(F)c3)C[C@@H]2C)c1. The van der Waals surface area contributed by atoms with E-state index in [0.29, 0.717) is 51.1 Å². The maximum atomic E-state index is 14.3. The van der Waals surface area contributed by atoms with Crippen molar-refractivity contribution in [1.29, 1.82) is 0 Å². The van der Waals surface area contributed by atoms with Crippen molar-refractivity contribution in [3.05, 3.63) is 59.9 Å². The van der Waals surface area contributed by atoms with Crippen molar-refractivity contribution in [2.75, 3.05) is 37.3 Å². The number of rotatable bonds is 10. The van der Waals surface area contributed by atoms with E-state index in [0.717, 1.165) is 17.9 Å². The zero-order valence-electron chi connectivity index (χ0n) is 23.8. The van der Waals surface area contributed by atoms with Crippen LogP contribution in [0, 0.1) is 5.82 Å². The number of nitrogens with two attached hydrogens (primary N) is 1. The van der Waals surface area contributed by atoms with Crippen molar-refractivity contribution in [2.24, 2.45) is 5.73 Å². The van der Waals surface area contributed by atoms with Gasteiger partial charge in [-0.15, -0.1) is 0 Å². The summed E-state index contributed by atoms with van der Waals surface area (Å²) < 4.78 is 45.7. The topological polar surface area (TPSA) is 108 Å². The van der Waals surface area contributed by atoms with Gasteiger partial charge in [0.25, 0.3) is 0 Å². The first-order valence-corrected chi connectivity index (χ1v) is 15.7. The van der Waals surface area contributed by atoms with Crippen LogP contribution in [-0.2, 0) is 16.6 Å². The molecular weight excluding hydrogens is 533 g/mol. The van der Waals surface area contributed by atoms with Crippen LogP contribution in [0.3, 0.4) is 0 Å². The van der Waals surface area contributed by atoms with E-state index >= 15 is 0 Å². The Morgan fingerprint density at radius 2 is 1.98 bits per heavy atom. The van der Waals surface area contributed by atoms with Crippen LogP contribution in [0.15, 0.2) is 48.5 Å². The molecular formula is C29H42FN5O4S. The largest absolute Gasteiger partial charge is 0.491 e. The molecule has 2 aromatic carbocycles. The number of hydrogen-bond donors (Lipinski definition) is 2. The van der Waals surface area contributed by atoms with Crippen LogP contribution in [0.2, 0.25) is 0 Å². The van der Waals surface area contributed by atoms with Crippen LogP contribution < -0.4 is 20.7 Å². The molecule has 3 N–H and O–H groups in total. The van der Waals surface area contributed by atoms with Gasteiger partial charge >= 0.3 is 6.03 Å². The van der Waals surface area contributed by atoms with E-state index in [1.165, 1.54) is 27.6 Å². The molecule has 0 unspecified atom stereocenters. The summed E-state index contributed by atoms with van der Waals surface area (Å²) in [7, 11) is -3.28. The molecule has 2 amide bonds. The number of halogens is 1. The van der Waals surface area contributed by atoms with E-state index in [1.807, 2.05) is 26.0 Å². The van der Waals surface area contributed by atoms with Crippen LogP contribution in [-0.4, -0.2) is 79.8 Å². The lowest BCUT2D eigenvalue weighted by atomic mass is 9.81. The van der Waals surface area contributed by atoms with Gasteiger partial charge in [0.05, 0.1) is 17.9 Å². The van der Waals surface area contributed by atoms with Crippen LogP contribution in [0.4, 0.5) is 14.9 Å². The molecule has 2 heterocycles. The number of primary amides is 1. The Balaban J connectivity index is 1.56. The highest BCUT2D eigenvalue weighted by atomic mass is 32.2. The molecule has 0 radical (unpaired) electrons. The molecule has 3 atom stereocenters.